The average Bonchev–Trinajstić information content (AvgIpc) is 3.90. The van der Waals surface area contributed by atoms with Crippen LogP contribution in [0.25, 0.3) is 28.6 Å². The van der Waals surface area contributed by atoms with E-state index in [-0.39, 0.29) is 25.0 Å². The maximum absolute atomic E-state index is 10.4. The predicted molar refractivity (Wildman–Crippen MR) is 231 cm³/mol. The normalized spacial score (nSPS) is 21.7. The Morgan fingerprint density at radius 3 is 2.79 bits per heavy atom. The minimum absolute atomic E-state index is 0.0433. The second-order valence-electron chi connectivity index (χ2n) is 15.6. The van der Waals surface area contributed by atoms with Crippen molar-refractivity contribution >= 4 is 23.0 Å². The molecule has 2 aliphatic carbocycles. The molecule has 0 radical (unpaired) electrons. The van der Waals surface area contributed by atoms with Crippen molar-refractivity contribution < 1.29 is 14.7 Å². The van der Waals surface area contributed by atoms with Gasteiger partial charge in [0.2, 0.25) is 0 Å². The molecule has 1 fully saturated rings. The average molecular weight is 763 g/mol. The van der Waals surface area contributed by atoms with Crippen LogP contribution in [0.5, 0.6) is 11.5 Å². The molecule has 4 unspecified atom stereocenters. The first-order valence-corrected chi connectivity index (χ1v) is 20.4. The Labute approximate surface area is 336 Å². The van der Waals surface area contributed by atoms with Gasteiger partial charge >= 0.3 is 0 Å². The van der Waals surface area contributed by atoms with E-state index in [9.17, 15) is 5.21 Å². The van der Waals surface area contributed by atoms with Crippen LogP contribution in [-0.2, 0) is 6.42 Å². The third kappa shape index (κ3) is 9.02. The molecule has 4 aliphatic rings. The van der Waals surface area contributed by atoms with E-state index in [1.807, 2.05) is 6.20 Å². The quantitative estimate of drug-likeness (QED) is 0.0906. The van der Waals surface area contributed by atoms with Crippen LogP contribution in [0.1, 0.15) is 92.1 Å². The third-order valence-electron chi connectivity index (χ3n) is 11.3. The van der Waals surface area contributed by atoms with E-state index >= 15 is 0 Å². The molecule has 0 bridgehead atoms. The SMILES string of the molecule is C=C(NC(N)CC)c1ccc2c(c1)/C=C(\c1cc(CCC3=CCC(C)C=C3)cc(OC3C=CC=CC3)c1)c1ccc(-c3cnc(C4CCCN4O)[nH]3)cc1OCN2. The molecule has 1 saturated heterocycles. The van der Waals surface area contributed by atoms with Crippen LogP contribution in [0.15, 0.2) is 115 Å². The number of nitrogens with two attached hydrogens (primary N) is 1. The lowest BCUT2D eigenvalue weighted by Gasteiger charge is -2.20. The van der Waals surface area contributed by atoms with Crippen molar-refractivity contribution in [3.8, 4) is 22.8 Å². The summed E-state index contributed by atoms with van der Waals surface area (Å²) < 4.78 is 13.3. The van der Waals surface area contributed by atoms with E-state index in [0.29, 0.717) is 12.5 Å². The van der Waals surface area contributed by atoms with Gasteiger partial charge in [-0.25, -0.2) is 4.98 Å². The van der Waals surface area contributed by atoms with Gasteiger partial charge < -0.3 is 36.0 Å². The smallest absolute Gasteiger partial charge is 0.159 e. The minimum Gasteiger partial charge on any atom is -0.486 e. The van der Waals surface area contributed by atoms with Crippen LogP contribution in [0, 0.1) is 5.92 Å². The van der Waals surface area contributed by atoms with Crippen molar-refractivity contribution in [3.63, 3.8) is 0 Å². The molecule has 4 aromatic rings. The standard InChI is InChI=1S/C48H54N6O3/c1-4-47(49)52-32(3)35-19-21-43-38(25-35)27-42(41-20-18-36(28-46(41)56-30-51-43)44-29-50-48(53-44)45-11-8-22-54(45)55)37-23-34(17-16-33-14-12-31(2)13-15-33)24-40(26-37)57-39-9-6-5-7-10-39/h5-7,9,12,14-15,18-21,23-29,31,39,45,47,51-52,55H,3-4,8,10-11,13,16-17,22,30,49H2,1-2H3,(H,50,53)/b42-27+. The molecule has 8 rings (SSSR count). The number of hydrogen-bond donors (Lipinski definition) is 5. The van der Waals surface area contributed by atoms with Crippen molar-refractivity contribution in [1.82, 2.24) is 20.3 Å². The number of anilines is 1. The van der Waals surface area contributed by atoms with Gasteiger partial charge in [-0.05, 0) is 121 Å². The van der Waals surface area contributed by atoms with Crippen LogP contribution in [0.4, 0.5) is 5.69 Å². The van der Waals surface area contributed by atoms with Crippen molar-refractivity contribution in [2.24, 2.45) is 11.7 Å². The lowest BCUT2D eigenvalue weighted by atomic mass is 9.90. The topological polar surface area (TPSA) is 121 Å². The summed E-state index contributed by atoms with van der Waals surface area (Å²) in [5.41, 5.74) is 17.3. The van der Waals surface area contributed by atoms with Gasteiger partial charge in [0.25, 0.3) is 0 Å². The number of benzene rings is 3. The molecular formula is C48H54N6O3. The van der Waals surface area contributed by atoms with E-state index in [1.54, 1.807) is 0 Å². The van der Waals surface area contributed by atoms with Crippen LogP contribution in [0.2, 0.25) is 0 Å². The predicted octanol–water partition coefficient (Wildman–Crippen LogP) is 9.93. The summed E-state index contributed by atoms with van der Waals surface area (Å²) in [6.07, 6.45) is 25.5. The molecule has 1 aromatic heterocycles. The Bertz CT molecular complexity index is 2260. The van der Waals surface area contributed by atoms with Gasteiger partial charge in [0.15, 0.2) is 6.73 Å². The number of hydrogen-bond acceptors (Lipinski definition) is 8. The molecule has 9 nitrogen and oxygen atoms in total. The number of rotatable bonds is 12. The molecular weight excluding hydrogens is 709 g/mol. The van der Waals surface area contributed by atoms with Crippen molar-refractivity contribution in [1.29, 1.82) is 0 Å². The number of ether oxygens (including phenoxy) is 2. The molecule has 0 amide bonds. The summed E-state index contributed by atoms with van der Waals surface area (Å²) in [6, 6.07) is 19.2. The van der Waals surface area contributed by atoms with E-state index in [4.69, 9.17) is 15.2 Å². The zero-order valence-electron chi connectivity index (χ0n) is 33.0. The zero-order chi connectivity index (χ0) is 39.3. The van der Waals surface area contributed by atoms with Crippen LogP contribution in [0.3, 0.4) is 0 Å². The Hall–Kier alpha value is -5.61. The Morgan fingerprint density at radius 2 is 2.00 bits per heavy atom. The zero-order valence-corrected chi connectivity index (χ0v) is 33.0. The van der Waals surface area contributed by atoms with E-state index in [0.717, 1.165) is 113 Å². The van der Waals surface area contributed by atoms with Crippen LogP contribution >= 0.6 is 0 Å². The lowest BCUT2D eigenvalue weighted by Crippen LogP contribution is -2.34. The third-order valence-corrected chi connectivity index (χ3v) is 11.3. The highest BCUT2D eigenvalue weighted by atomic mass is 16.5. The van der Waals surface area contributed by atoms with Gasteiger partial charge in [-0.15, -0.1) is 0 Å². The van der Waals surface area contributed by atoms with Crippen LogP contribution < -0.4 is 25.8 Å². The molecule has 9 heteroatoms. The van der Waals surface area contributed by atoms with Crippen molar-refractivity contribution in [2.45, 2.75) is 77.1 Å². The first kappa shape index (κ1) is 38.3. The van der Waals surface area contributed by atoms with Gasteiger partial charge in [-0.2, -0.15) is 5.06 Å². The van der Waals surface area contributed by atoms with Crippen molar-refractivity contribution in [3.05, 3.63) is 149 Å². The van der Waals surface area contributed by atoms with E-state index in [2.05, 4.69) is 144 Å². The molecule has 2 aliphatic heterocycles. The molecule has 6 N–H and O–H groups in total. The van der Waals surface area contributed by atoms with Gasteiger partial charge in [0.1, 0.15) is 23.4 Å². The molecule has 0 spiro atoms. The molecule has 294 valence electrons. The Morgan fingerprint density at radius 1 is 1.09 bits per heavy atom. The number of aromatic nitrogens is 2. The maximum Gasteiger partial charge on any atom is 0.159 e. The van der Waals surface area contributed by atoms with Crippen molar-refractivity contribution in [2.75, 3.05) is 18.6 Å². The maximum atomic E-state index is 10.4. The highest BCUT2D eigenvalue weighted by Gasteiger charge is 2.27. The summed E-state index contributed by atoms with van der Waals surface area (Å²) in [5.74, 6) is 2.91. The first-order valence-electron chi connectivity index (χ1n) is 20.4. The summed E-state index contributed by atoms with van der Waals surface area (Å²) >= 11 is 0. The molecule has 4 atom stereocenters. The second-order valence-corrected chi connectivity index (χ2v) is 15.6. The Kier molecular flexibility index (Phi) is 11.6. The molecule has 3 heterocycles. The summed E-state index contributed by atoms with van der Waals surface area (Å²) in [4.78, 5) is 8.15. The number of hydroxylamine groups is 2. The monoisotopic (exact) mass is 762 g/mol. The lowest BCUT2D eigenvalue weighted by molar-refractivity contribution is -0.106. The summed E-state index contributed by atoms with van der Waals surface area (Å²) in [5, 5.41) is 18.7. The fourth-order valence-electron chi connectivity index (χ4n) is 7.91. The fraction of sp³-hybridized carbons (Fsp3) is 0.312. The summed E-state index contributed by atoms with van der Waals surface area (Å²) in [6.45, 7) is 9.55. The number of allylic oxidation sites excluding steroid dienone is 6. The molecule has 57 heavy (non-hydrogen) atoms. The number of imidazole rings is 1. The number of aryl methyl sites for hydroxylation is 1. The number of fused-ring (bicyclic) bond motifs is 2. The first-order chi connectivity index (χ1) is 27.8. The number of aromatic amines is 1. The second kappa shape index (κ2) is 17.3. The van der Waals surface area contributed by atoms with Gasteiger partial charge in [-0.3, -0.25) is 0 Å². The van der Waals surface area contributed by atoms with Gasteiger partial charge in [0, 0.05) is 35.5 Å². The van der Waals surface area contributed by atoms with E-state index in [1.165, 1.54) is 16.2 Å². The van der Waals surface area contributed by atoms with Gasteiger partial charge in [-0.1, -0.05) is 80.7 Å². The molecule has 0 saturated carbocycles. The Balaban J connectivity index is 1.23. The van der Waals surface area contributed by atoms with Crippen LogP contribution in [-0.4, -0.2) is 45.8 Å². The highest BCUT2D eigenvalue weighted by Crippen LogP contribution is 2.40. The number of nitrogens with one attached hydrogen (secondary N) is 3. The summed E-state index contributed by atoms with van der Waals surface area (Å²) in [7, 11) is 0. The minimum atomic E-state index is -0.188. The number of nitrogens with zero attached hydrogens (tertiary/aromatic N) is 2. The van der Waals surface area contributed by atoms with Gasteiger partial charge in [0.05, 0.1) is 24.1 Å². The largest absolute Gasteiger partial charge is 0.486 e. The van der Waals surface area contributed by atoms with E-state index < -0.39 is 0 Å². The molecule has 3 aromatic carbocycles. The fourth-order valence-corrected chi connectivity index (χ4v) is 7.91. The number of H-pyrrole nitrogens is 1. The highest BCUT2D eigenvalue weighted by molar-refractivity contribution is 5.96.